The van der Waals surface area contributed by atoms with E-state index in [-0.39, 0.29) is 58.6 Å². The van der Waals surface area contributed by atoms with Gasteiger partial charge in [-0.15, -0.1) is 22.7 Å². The Bertz CT molecular complexity index is 2970. The highest BCUT2D eigenvalue weighted by Crippen LogP contribution is 2.44. The molecule has 6 aromatic carbocycles. The maximum atomic E-state index is 14.1. The lowest BCUT2D eigenvalue weighted by atomic mass is 9.98. The van der Waals surface area contributed by atoms with Crippen LogP contribution in [0.15, 0.2) is 145 Å². The maximum Gasteiger partial charge on any atom is 0.339 e. The molecule has 288 valence electrons. The zero-order valence-electron chi connectivity index (χ0n) is 31.4. The molecule has 0 saturated heterocycles. The molecule has 2 aliphatic rings. The second-order valence-electron chi connectivity index (χ2n) is 14.4. The minimum atomic E-state index is -0.596. The summed E-state index contributed by atoms with van der Waals surface area (Å²) in [6.45, 7) is 0.0363. The topological polar surface area (TPSA) is 121 Å². The van der Waals surface area contributed by atoms with E-state index in [9.17, 15) is 28.8 Å². The van der Waals surface area contributed by atoms with Crippen LogP contribution in [-0.4, -0.2) is 35.1 Å². The molecule has 0 N–H and O–H groups in total. The number of ether oxygens (including phenoxy) is 2. The highest BCUT2D eigenvalue weighted by molar-refractivity contribution is 7.22. The van der Waals surface area contributed by atoms with Crippen molar-refractivity contribution < 1.29 is 38.2 Å². The largest absolute Gasteiger partial charge is 0.457 e. The van der Waals surface area contributed by atoms with Crippen molar-refractivity contribution in [2.75, 3.05) is 0 Å². The van der Waals surface area contributed by atoms with E-state index in [1.165, 1.54) is 22.7 Å². The number of hydrogen-bond acceptors (Lipinski definition) is 10. The van der Waals surface area contributed by atoms with E-state index in [4.69, 9.17) is 9.47 Å². The SMILES string of the molecule is O=C1C(=Cc2cc3c(C(=O)OCc4ccccc4)cc4c(cc(C(=O)OCc5ccccc5)c5cc(C=C6C(=O)c7ccccc7C6=O)sc54)c3s2)C(=O)c2ccccc21. The number of carbonyl (C=O) groups excluding carboxylic acids is 6. The van der Waals surface area contributed by atoms with E-state index < -0.39 is 11.9 Å². The Hall–Kier alpha value is -7.40. The fourth-order valence-electron chi connectivity index (χ4n) is 7.77. The highest BCUT2D eigenvalue weighted by Gasteiger charge is 2.34. The average molecular weight is 821 g/mol. The molecule has 0 bridgehead atoms. The lowest BCUT2D eigenvalue weighted by Crippen LogP contribution is -2.07. The molecule has 0 fully saturated rings. The van der Waals surface area contributed by atoms with Gasteiger partial charge in [-0.3, -0.25) is 19.2 Å². The molecule has 0 amide bonds. The third-order valence-corrected chi connectivity index (χ3v) is 12.9. The molecule has 0 saturated carbocycles. The smallest absolute Gasteiger partial charge is 0.339 e. The van der Waals surface area contributed by atoms with Crippen molar-refractivity contribution in [3.05, 3.63) is 199 Å². The number of Topliss-reactive ketones (excluding diaryl/α,β-unsaturated/α-hetero) is 4. The van der Waals surface area contributed by atoms with Crippen LogP contribution in [0.25, 0.3) is 43.1 Å². The molecule has 8 nitrogen and oxygen atoms in total. The van der Waals surface area contributed by atoms with E-state index in [2.05, 4.69) is 0 Å². The van der Waals surface area contributed by atoms with E-state index >= 15 is 0 Å². The van der Waals surface area contributed by atoms with Crippen molar-refractivity contribution in [2.24, 2.45) is 0 Å². The number of hydrogen-bond donors (Lipinski definition) is 0. The van der Waals surface area contributed by atoms with Gasteiger partial charge in [-0.1, -0.05) is 109 Å². The van der Waals surface area contributed by atoms with Crippen LogP contribution in [0.2, 0.25) is 0 Å². The van der Waals surface area contributed by atoms with Gasteiger partial charge >= 0.3 is 11.9 Å². The number of rotatable bonds is 8. The second-order valence-corrected chi connectivity index (χ2v) is 16.5. The summed E-state index contributed by atoms with van der Waals surface area (Å²) >= 11 is 2.54. The van der Waals surface area contributed by atoms with Crippen LogP contribution in [0.4, 0.5) is 0 Å². The zero-order chi connectivity index (χ0) is 41.1. The summed E-state index contributed by atoms with van der Waals surface area (Å²) in [5.74, 6) is -2.72. The van der Waals surface area contributed by atoms with Gasteiger partial charge in [0.25, 0.3) is 0 Å². The fourth-order valence-corrected chi connectivity index (χ4v) is 10.1. The number of benzene rings is 6. The van der Waals surface area contributed by atoms with Crippen LogP contribution in [-0.2, 0) is 22.7 Å². The maximum absolute atomic E-state index is 14.1. The quantitative estimate of drug-likeness (QED) is 0.0844. The van der Waals surface area contributed by atoms with Gasteiger partial charge in [0.05, 0.1) is 22.3 Å². The number of allylic oxidation sites excluding steroid dienone is 2. The number of thiophene rings is 2. The van der Waals surface area contributed by atoms with Crippen LogP contribution in [0, 0.1) is 0 Å². The molecule has 2 aliphatic carbocycles. The van der Waals surface area contributed by atoms with Gasteiger partial charge in [0.2, 0.25) is 0 Å². The first-order valence-electron chi connectivity index (χ1n) is 18.9. The number of fused-ring (bicyclic) bond motifs is 7. The summed E-state index contributed by atoms with van der Waals surface area (Å²) in [7, 11) is 0. The Morgan fingerprint density at radius 1 is 0.433 bits per heavy atom. The van der Waals surface area contributed by atoms with Crippen LogP contribution >= 0.6 is 22.7 Å². The minimum Gasteiger partial charge on any atom is -0.457 e. The van der Waals surface area contributed by atoms with E-state index in [1.54, 1.807) is 84.9 Å². The predicted molar refractivity (Wildman–Crippen MR) is 232 cm³/mol. The molecule has 2 aromatic heterocycles. The third kappa shape index (κ3) is 6.30. The lowest BCUT2D eigenvalue weighted by Gasteiger charge is -2.12. The summed E-state index contributed by atoms with van der Waals surface area (Å²) in [5.41, 5.74) is 3.45. The molecule has 0 radical (unpaired) electrons. The van der Waals surface area contributed by atoms with Crippen molar-refractivity contribution in [1.29, 1.82) is 0 Å². The van der Waals surface area contributed by atoms with Gasteiger partial charge in [-0.05, 0) is 47.5 Å². The predicted octanol–water partition coefficient (Wildman–Crippen LogP) is 10.9. The molecule has 8 aromatic rings. The summed E-state index contributed by atoms with van der Waals surface area (Å²) in [6.07, 6.45) is 3.10. The number of ketones is 4. The third-order valence-electron chi connectivity index (χ3n) is 10.7. The van der Waals surface area contributed by atoms with Gasteiger partial charge in [-0.2, -0.15) is 0 Å². The summed E-state index contributed by atoms with van der Waals surface area (Å²) in [4.78, 5) is 83.1. The zero-order valence-corrected chi connectivity index (χ0v) is 33.0. The first-order chi connectivity index (χ1) is 29.2. The van der Waals surface area contributed by atoms with Crippen LogP contribution in [0.3, 0.4) is 0 Å². The van der Waals surface area contributed by atoms with E-state index in [0.717, 1.165) is 11.1 Å². The molecular weight excluding hydrogens is 793 g/mol. The molecule has 0 atom stereocenters. The molecular formula is C50H28O8S2. The summed E-state index contributed by atoms with van der Waals surface area (Å²) in [5, 5.41) is 2.25. The first kappa shape index (κ1) is 36.9. The van der Waals surface area contributed by atoms with Crippen molar-refractivity contribution in [3.8, 4) is 0 Å². The number of esters is 2. The summed E-state index contributed by atoms with van der Waals surface area (Å²) < 4.78 is 13.0. The monoisotopic (exact) mass is 820 g/mol. The van der Waals surface area contributed by atoms with E-state index in [1.807, 2.05) is 60.7 Å². The Labute approximate surface area is 349 Å². The molecule has 60 heavy (non-hydrogen) atoms. The van der Waals surface area contributed by atoms with Crippen molar-refractivity contribution >= 4 is 101 Å². The van der Waals surface area contributed by atoms with E-state index in [0.29, 0.717) is 63.0 Å². The van der Waals surface area contributed by atoms with Crippen LogP contribution < -0.4 is 0 Å². The molecule has 10 heteroatoms. The molecule has 10 rings (SSSR count). The normalized spacial score (nSPS) is 13.3. The molecule has 0 aliphatic heterocycles. The van der Waals surface area contributed by atoms with Gasteiger partial charge < -0.3 is 9.47 Å². The van der Waals surface area contributed by atoms with Crippen molar-refractivity contribution in [2.45, 2.75) is 13.2 Å². The van der Waals surface area contributed by atoms with Gasteiger partial charge in [0.1, 0.15) is 13.2 Å². The Kier molecular flexibility index (Phi) is 9.08. The molecule has 0 spiro atoms. The number of carbonyl (C=O) groups is 6. The van der Waals surface area contributed by atoms with Crippen molar-refractivity contribution in [3.63, 3.8) is 0 Å². The Morgan fingerprint density at radius 3 is 1.12 bits per heavy atom. The van der Waals surface area contributed by atoms with Crippen LogP contribution in [0.5, 0.6) is 0 Å². The van der Waals surface area contributed by atoms with Gasteiger partial charge in [-0.25, -0.2) is 9.59 Å². The van der Waals surface area contributed by atoms with Crippen molar-refractivity contribution in [1.82, 2.24) is 0 Å². The Balaban J connectivity index is 1.17. The molecule has 0 unspecified atom stereocenters. The standard InChI is InChI=1S/C50H28O8S2/c51-43-31-15-7-8-16-32(31)44(52)41(43)21-29-19-35-39(49(55)57-25-27-11-3-1-4-12-27)23-37-38(47(35)59-29)24-40(50(56)58-26-28-13-5-2-6-14-28)36-20-30(60-48(36)37)22-42-45(53)33-17-9-10-18-34(33)46(42)54/h1-24H,25-26H2. The summed E-state index contributed by atoms with van der Waals surface area (Å²) in [6, 6.07) is 38.9. The van der Waals surface area contributed by atoms with Crippen LogP contribution in [0.1, 0.15) is 83.0 Å². The van der Waals surface area contributed by atoms with Gasteiger partial charge in [0, 0.05) is 63.0 Å². The minimum absolute atomic E-state index is 0.0157. The fraction of sp³-hybridized carbons (Fsp3) is 0.0400. The second kappa shape index (κ2) is 14.8. The van der Waals surface area contributed by atoms with Gasteiger partial charge in [0.15, 0.2) is 23.1 Å². The lowest BCUT2D eigenvalue weighted by molar-refractivity contribution is 0.0466. The molecule has 2 heterocycles. The highest BCUT2D eigenvalue weighted by atomic mass is 32.1. The average Bonchev–Trinajstić information content (AvgIpc) is 4.03. The Morgan fingerprint density at radius 2 is 0.767 bits per heavy atom. The first-order valence-corrected chi connectivity index (χ1v) is 20.6.